The van der Waals surface area contributed by atoms with Crippen molar-refractivity contribution in [2.24, 2.45) is 0 Å². The summed E-state index contributed by atoms with van der Waals surface area (Å²) in [6.45, 7) is 3.42. The Labute approximate surface area is 140 Å². The van der Waals surface area contributed by atoms with Crippen molar-refractivity contribution in [2.75, 3.05) is 13.7 Å². The summed E-state index contributed by atoms with van der Waals surface area (Å²) < 4.78 is 10.5. The van der Waals surface area contributed by atoms with Gasteiger partial charge in [-0.3, -0.25) is 9.78 Å². The van der Waals surface area contributed by atoms with E-state index in [1.807, 2.05) is 6.07 Å². The highest BCUT2D eigenvalue weighted by atomic mass is 16.6. The first-order valence-corrected chi connectivity index (χ1v) is 7.30. The van der Waals surface area contributed by atoms with Gasteiger partial charge >= 0.3 is 5.97 Å². The number of benzene rings is 1. The maximum Gasteiger partial charge on any atom is 0.330 e. The smallest absolute Gasteiger partial charge is 0.330 e. The number of rotatable bonds is 7. The summed E-state index contributed by atoms with van der Waals surface area (Å²) >= 11 is 0. The average molecular weight is 326 g/mol. The number of esters is 1. The monoisotopic (exact) mass is 326 g/mol. The maximum absolute atomic E-state index is 11.9. The Balaban J connectivity index is 1.94. The van der Waals surface area contributed by atoms with Crippen molar-refractivity contribution in [1.29, 1.82) is 0 Å². The molecule has 0 bridgehead atoms. The van der Waals surface area contributed by atoms with Crippen LogP contribution in [0.4, 0.5) is 0 Å². The number of hydrogen-bond acceptors (Lipinski definition) is 5. The SMILES string of the molecule is C=CCc1ccc(OC(=O)CNC(=O)c2cccnc2)c(OC)c1. The number of amides is 1. The summed E-state index contributed by atoms with van der Waals surface area (Å²) in [5.74, 6) is -0.248. The number of allylic oxidation sites excluding steroid dienone is 1. The number of aromatic nitrogens is 1. The van der Waals surface area contributed by atoms with Crippen molar-refractivity contribution in [3.05, 3.63) is 66.5 Å². The van der Waals surface area contributed by atoms with Crippen LogP contribution in [0, 0.1) is 0 Å². The number of nitrogens with zero attached hydrogens (tertiary/aromatic N) is 1. The summed E-state index contributed by atoms with van der Waals surface area (Å²) in [5, 5.41) is 2.48. The van der Waals surface area contributed by atoms with Crippen LogP contribution in [0.25, 0.3) is 0 Å². The summed E-state index contributed by atoms with van der Waals surface area (Å²) in [6.07, 6.45) is 5.44. The van der Waals surface area contributed by atoms with Gasteiger partial charge in [0.05, 0.1) is 12.7 Å². The molecule has 0 radical (unpaired) electrons. The molecule has 0 spiro atoms. The van der Waals surface area contributed by atoms with E-state index in [1.54, 1.807) is 36.5 Å². The third-order valence-electron chi connectivity index (χ3n) is 3.15. The number of carbonyl (C=O) groups is 2. The molecule has 0 unspecified atom stereocenters. The van der Waals surface area contributed by atoms with Crippen molar-refractivity contribution in [3.63, 3.8) is 0 Å². The van der Waals surface area contributed by atoms with Crippen LogP contribution in [0.5, 0.6) is 11.5 Å². The molecule has 0 aliphatic heterocycles. The van der Waals surface area contributed by atoms with Gasteiger partial charge in [-0.25, -0.2) is 4.79 Å². The fourth-order valence-electron chi connectivity index (χ4n) is 2.00. The van der Waals surface area contributed by atoms with Gasteiger partial charge in [0.2, 0.25) is 0 Å². The van der Waals surface area contributed by atoms with Gasteiger partial charge < -0.3 is 14.8 Å². The highest BCUT2D eigenvalue weighted by Crippen LogP contribution is 2.28. The van der Waals surface area contributed by atoms with Crippen LogP contribution in [0.15, 0.2) is 55.4 Å². The molecule has 1 aromatic heterocycles. The Morgan fingerprint density at radius 1 is 1.29 bits per heavy atom. The normalized spacial score (nSPS) is 9.88. The molecule has 6 nitrogen and oxygen atoms in total. The van der Waals surface area contributed by atoms with Gasteiger partial charge in [-0.05, 0) is 36.2 Å². The van der Waals surface area contributed by atoms with E-state index in [9.17, 15) is 9.59 Å². The number of ether oxygens (including phenoxy) is 2. The van der Waals surface area contributed by atoms with Crippen LogP contribution in [-0.4, -0.2) is 30.5 Å². The van der Waals surface area contributed by atoms with Gasteiger partial charge in [0.1, 0.15) is 6.54 Å². The lowest BCUT2D eigenvalue weighted by Gasteiger charge is -2.11. The number of methoxy groups -OCH3 is 1. The van der Waals surface area contributed by atoms with E-state index >= 15 is 0 Å². The van der Waals surface area contributed by atoms with Gasteiger partial charge in [0, 0.05) is 12.4 Å². The van der Waals surface area contributed by atoms with Crippen molar-refractivity contribution < 1.29 is 19.1 Å². The molecular weight excluding hydrogens is 308 g/mol. The molecule has 2 rings (SSSR count). The van der Waals surface area contributed by atoms with Gasteiger partial charge in [-0.15, -0.1) is 6.58 Å². The molecule has 24 heavy (non-hydrogen) atoms. The summed E-state index contributed by atoms with van der Waals surface area (Å²) in [6, 6.07) is 8.50. The lowest BCUT2D eigenvalue weighted by atomic mass is 10.1. The van der Waals surface area contributed by atoms with E-state index in [1.165, 1.54) is 13.3 Å². The number of nitrogens with one attached hydrogen (secondary N) is 1. The average Bonchev–Trinajstić information content (AvgIpc) is 2.62. The van der Waals surface area contributed by atoms with E-state index in [4.69, 9.17) is 9.47 Å². The van der Waals surface area contributed by atoms with Crippen LogP contribution in [0.2, 0.25) is 0 Å². The third kappa shape index (κ3) is 4.67. The highest BCUT2D eigenvalue weighted by Gasteiger charge is 2.13. The fourth-order valence-corrected chi connectivity index (χ4v) is 2.00. The Bertz CT molecular complexity index is 729. The Kier molecular flexibility index (Phi) is 6.08. The Morgan fingerprint density at radius 3 is 2.79 bits per heavy atom. The molecule has 0 saturated carbocycles. The quantitative estimate of drug-likeness (QED) is 0.479. The molecule has 0 atom stereocenters. The van der Waals surface area contributed by atoms with Crippen molar-refractivity contribution in [3.8, 4) is 11.5 Å². The molecule has 0 aliphatic rings. The molecule has 2 aromatic rings. The van der Waals surface area contributed by atoms with Gasteiger partial charge in [0.25, 0.3) is 5.91 Å². The van der Waals surface area contributed by atoms with Crippen molar-refractivity contribution in [1.82, 2.24) is 10.3 Å². The minimum Gasteiger partial charge on any atom is -0.493 e. The zero-order valence-corrected chi connectivity index (χ0v) is 13.3. The summed E-state index contributed by atoms with van der Waals surface area (Å²) in [7, 11) is 1.49. The van der Waals surface area contributed by atoms with Crippen molar-refractivity contribution in [2.45, 2.75) is 6.42 Å². The van der Waals surface area contributed by atoms with Crippen LogP contribution < -0.4 is 14.8 Å². The standard InChI is InChI=1S/C18H18N2O4/c1-3-5-13-7-8-15(16(10-13)23-2)24-17(21)12-20-18(22)14-6-4-9-19-11-14/h3-4,6-11H,1,5,12H2,2H3,(H,20,22). The molecule has 0 fully saturated rings. The summed E-state index contributed by atoms with van der Waals surface area (Å²) in [4.78, 5) is 27.6. The topological polar surface area (TPSA) is 77.5 Å². The Morgan fingerprint density at radius 2 is 2.12 bits per heavy atom. The number of pyridine rings is 1. The molecule has 6 heteroatoms. The van der Waals surface area contributed by atoms with E-state index in [0.717, 1.165) is 5.56 Å². The minimum absolute atomic E-state index is 0.259. The van der Waals surface area contributed by atoms with Crippen LogP contribution in [0.3, 0.4) is 0 Å². The Hall–Kier alpha value is -3.15. The second-order valence-corrected chi connectivity index (χ2v) is 4.88. The molecule has 1 aromatic carbocycles. The lowest BCUT2D eigenvalue weighted by molar-refractivity contribution is -0.133. The predicted molar refractivity (Wildman–Crippen MR) is 89.1 cm³/mol. The molecule has 1 heterocycles. The van der Waals surface area contributed by atoms with E-state index < -0.39 is 11.9 Å². The van der Waals surface area contributed by atoms with Gasteiger partial charge in [0.15, 0.2) is 11.5 Å². The first-order valence-electron chi connectivity index (χ1n) is 7.30. The van der Waals surface area contributed by atoms with Crippen LogP contribution in [-0.2, 0) is 11.2 Å². The van der Waals surface area contributed by atoms with E-state index in [-0.39, 0.29) is 6.54 Å². The molecule has 0 saturated heterocycles. The highest BCUT2D eigenvalue weighted by molar-refractivity contribution is 5.95. The van der Waals surface area contributed by atoms with Crippen molar-refractivity contribution >= 4 is 11.9 Å². The number of hydrogen-bond donors (Lipinski definition) is 1. The van der Waals surface area contributed by atoms with Crippen LogP contribution in [0.1, 0.15) is 15.9 Å². The van der Waals surface area contributed by atoms with Gasteiger partial charge in [-0.2, -0.15) is 0 Å². The first-order chi connectivity index (χ1) is 11.6. The minimum atomic E-state index is -0.595. The molecular formula is C18H18N2O4. The molecule has 0 aliphatic carbocycles. The van der Waals surface area contributed by atoms with Crippen LogP contribution >= 0.6 is 0 Å². The largest absolute Gasteiger partial charge is 0.493 e. The third-order valence-corrected chi connectivity index (χ3v) is 3.15. The number of carbonyl (C=O) groups excluding carboxylic acids is 2. The fraction of sp³-hybridized carbons (Fsp3) is 0.167. The second-order valence-electron chi connectivity index (χ2n) is 4.88. The first kappa shape index (κ1) is 17.2. The van der Waals surface area contributed by atoms with Gasteiger partial charge in [-0.1, -0.05) is 12.1 Å². The predicted octanol–water partition coefficient (Wildman–Crippen LogP) is 2.15. The second kappa shape index (κ2) is 8.47. The lowest BCUT2D eigenvalue weighted by Crippen LogP contribution is -2.32. The zero-order chi connectivity index (χ0) is 17.4. The maximum atomic E-state index is 11.9. The molecule has 1 amide bonds. The molecule has 124 valence electrons. The van der Waals surface area contributed by atoms with E-state index in [0.29, 0.717) is 23.5 Å². The molecule has 1 N–H and O–H groups in total. The zero-order valence-electron chi connectivity index (χ0n) is 13.3. The van der Waals surface area contributed by atoms with E-state index in [2.05, 4.69) is 16.9 Å². The summed E-state index contributed by atoms with van der Waals surface area (Å²) in [5.41, 5.74) is 1.36.